The number of allylic oxidation sites excluding steroid dienone is 3. The van der Waals surface area contributed by atoms with E-state index in [4.69, 9.17) is 22.9 Å². The van der Waals surface area contributed by atoms with Crippen LogP contribution in [0.1, 0.15) is 228 Å². The molecule has 0 bridgehead atoms. The van der Waals surface area contributed by atoms with E-state index in [1.54, 1.807) is 11.1 Å². The molecule has 6 saturated carbocycles. The highest BCUT2D eigenvalue weighted by Crippen LogP contribution is 2.57. The SMILES string of the molecule is C1=C(c2ccccc2)CCC1.CB([C@H]1CCC[C@@H]1c1ccccc1)[C@H]1CCC[C@@H]1c1ccccc1.ClB([C@H]1CCC[C@@H]1c1ccccc1)[C@H]1CCC[C@@H]1c1ccccc1.N[C@@H]1CCC[C@@H]1c1ccccc1.N[C@H]1CCC[C@@H]1c1ccccc1.O=[N+]([O-])C1CCC=C1c1ccccc1. The fourth-order valence-corrected chi connectivity index (χ4v) is 19.3. The fourth-order valence-electron chi connectivity index (χ4n) is 18.7. The maximum Gasteiger partial charge on any atom is 0.258 e. The normalized spacial score (nSPS) is 26.7. The van der Waals surface area contributed by atoms with Crippen molar-refractivity contribution < 1.29 is 4.92 Å². The molecule has 6 fully saturated rings. The van der Waals surface area contributed by atoms with Crippen LogP contribution in [0, 0.1) is 10.1 Å². The van der Waals surface area contributed by atoms with E-state index in [2.05, 4.69) is 225 Å². The molecule has 8 aromatic carbocycles. The Kier molecular flexibility index (Phi) is 27.4. The minimum Gasteiger partial charge on any atom is -0.327 e. The van der Waals surface area contributed by atoms with Gasteiger partial charge in [-0.1, -0.05) is 337 Å². The zero-order chi connectivity index (χ0) is 67.0. The minimum absolute atomic E-state index is 0.189. The Labute approximate surface area is 589 Å². The Hall–Kier alpha value is -7.02. The quantitative estimate of drug-likeness (QED) is 0.0683. The second kappa shape index (κ2) is 37.2. The lowest BCUT2D eigenvalue weighted by atomic mass is 9.31. The number of benzene rings is 8. The van der Waals surface area contributed by atoms with Gasteiger partial charge in [0.15, 0.2) is 0 Å². The molecule has 0 amide bonds. The van der Waals surface area contributed by atoms with Crippen molar-refractivity contribution in [3.8, 4) is 0 Å². The van der Waals surface area contributed by atoms with Gasteiger partial charge in [0, 0.05) is 29.0 Å². The summed E-state index contributed by atoms with van der Waals surface area (Å²) < 4.78 is 0. The van der Waals surface area contributed by atoms with Gasteiger partial charge in [-0.05, 0) is 174 Å². The molecular formula is C89H108B2ClN3O2. The summed E-state index contributed by atoms with van der Waals surface area (Å²) in [4.78, 5) is 10.6. The van der Waals surface area contributed by atoms with Gasteiger partial charge in [-0.3, -0.25) is 10.1 Å². The van der Waals surface area contributed by atoms with Gasteiger partial charge in [0.05, 0.1) is 0 Å². The minimum atomic E-state index is -0.502. The van der Waals surface area contributed by atoms with Gasteiger partial charge in [0.25, 0.3) is 6.13 Å². The van der Waals surface area contributed by atoms with Crippen LogP contribution in [-0.2, 0) is 0 Å². The topological polar surface area (TPSA) is 95.2 Å². The number of hydrogen-bond donors (Lipinski definition) is 2. The molecule has 8 heteroatoms. The third-order valence-corrected chi connectivity index (χ3v) is 24.3. The summed E-state index contributed by atoms with van der Waals surface area (Å²) in [5.41, 5.74) is 25.8. The van der Waals surface area contributed by atoms with Gasteiger partial charge < -0.3 is 11.5 Å². The fraction of sp³-hybridized carbons (Fsp3) is 0.416. The van der Waals surface area contributed by atoms with E-state index in [1.807, 2.05) is 36.4 Å². The molecule has 13 atom stereocenters. The van der Waals surface area contributed by atoms with Crippen molar-refractivity contribution in [3.05, 3.63) is 309 Å². The molecule has 4 N–H and O–H groups in total. The Morgan fingerprint density at radius 1 is 0.351 bits per heavy atom. The van der Waals surface area contributed by atoms with Crippen molar-refractivity contribution in [1.82, 2.24) is 0 Å². The second-order valence-electron chi connectivity index (χ2n) is 29.4. The van der Waals surface area contributed by atoms with E-state index in [9.17, 15) is 10.1 Å². The molecule has 0 aliphatic heterocycles. The lowest BCUT2D eigenvalue weighted by Crippen LogP contribution is -2.27. The Balaban J connectivity index is 0.000000122. The van der Waals surface area contributed by atoms with Crippen LogP contribution in [0.5, 0.6) is 0 Å². The molecular weight excluding hydrogens is 1200 g/mol. The average molecular weight is 1310 g/mol. The molecule has 0 radical (unpaired) electrons. The monoisotopic (exact) mass is 1310 g/mol. The molecule has 5 nitrogen and oxygen atoms in total. The molecule has 0 saturated heterocycles. The van der Waals surface area contributed by atoms with Gasteiger partial charge in [-0.25, -0.2) is 0 Å². The molecule has 504 valence electrons. The van der Waals surface area contributed by atoms with Crippen LogP contribution in [0.2, 0.25) is 30.1 Å². The molecule has 0 aromatic heterocycles. The standard InChI is InChI=1S/C23H29B.C22H26BCl.C11H11NO2.2C11H15N.C11H12/c1-24(22-16-8-14-20(22)18-10-4-2-5-11-18)23-17-9-15-21(23)19-12-6-3-7-13-19;24-23(21-15-7-13-19(21)17-9-3-1-4-10-17)22-16-8-14-20(22)18-11-5-2-6-12-18;13-12(14)11-8-4-7-10(11)9-5-2-1-3-6-9;2*12-11-8-4-7-10(11)9-5-2-1-3-6-9;1-2-6-10(7-3-1)11-8-4-5-9-11/h2-7,10-13,20-23H,8-9,14-17H2,1H3;1-6,9-12,19-22H,7-8,13-16H2;1-3,5-7,11H,4,8H2;2*1-3,5-6,10-11H,4,7-8,12H2;1-3,6-8H,4-5,9H2/t20-,21-,22+,23+;19-,20-,21+,22+;;10-,11+;10-,11-;/m11.11./s1. The summed E-state index contributed by atoms with van der Waals surface area (Å²) in [6.45, 7) is 3.41. The van der Waals surface area contributed by atoms with Crippen molar-refractivity contribution in [1.29, 1.82) is 0 Å². The van der Waals surface area contributed by atoms with Crippen molar-refractivity contribution >= 4 is 35.4 Å². The van der Waals surface area contributed by atoms with Gasteiger partial charge in [-0.2, -0.15) is 11.5 Å². The number of nitrogens with two attached hydrogens (primary N) is 2. The summed E-state index contributed by atoms with van der Waals surface area (Å²) in [7, 11) is 0. The highest BCUT2D eigenvalue weighted by atomic mass is 35.5. The van der Waals surface area contributed by atoms with Gasteiger partial charge >= 0.3 is 0 Å². The summed E-state index contributed by atoms with van der Waals surface area (Å²) in [5.74, 6) is 7.17. The van der Waals surface area contributed by atoms with E-state index < -0.39 is 6.04 Å². The molecule has 0 spiro atoms. The van der Waals surface area contributed by atoms with Crippen LogP contribution in [-0.4, -0.2) is 35.9 Å². The lowest BCUT2D eigenvalue weighted by Gasteiger charge is -2.32. The molecule has 1 unspecified atom stereocenters. The summed E-state index contributed by atoms with van der Waals surface area (Å²) in [6, 6.07) is 86.6. The van der Waals surface area contributed by atoms with Gasteiger partial charge in [0.2, 0.25) is 6.04 Å². The van der Waals surface area contributed by atoms with E-state index in [1.165, 1.54) is 168 Å². The molecule has 8 aliphatic carbocycles. The van der Waals surface area contributed by atoms with Crippen LogP contribution >= 0.6 is 11.5 Å². The smallest absolute Gasteiger partial charge is 0.258 e. The van der Waals surface area contributed by atoms with Gasteiger partial charge in [-0.15, -0.1) is 0 Å². The van der Waals surface area contributed by atoms with Crippen molar-refractivity contribution in [2.75, 3.05) is 0 Å². The predicted octanol–water partition coefficient (Wildman–Crippen LogP) is 24.0. The molecule has 8 aliphatic rings. The summed E-state index contributed by atoms with van der Waals surface area (Å²) >= 11 is 7.18. The number of rotatable bonds is 13. The zero-order valence-corrected chi connectivity index (χ0v) is 58.7. The average Bonchev–Trinajstić information content (AvgIpc) is 1.69. The highest BCUT2D eigenvalue weighted by Gasteiger charge is 2.46. The van der Waals surface area contributed by atoms with Crippen LogP contribution in [0.25, 0.3) is 11.1 Å². The van der Waals surface area contributed by atoms with Crippen molar-refractivity contribution in [2.45, 2.75) is 231 Å². The number of halogens is 1. The predicted molar refractivity (Wildman–Crippen MR) is 415 cm³/mol. The third-order valence-electron chi connectivity index (χ3n) is 23.7. The van der Waals surface area contributed by atoms with Crippen molar-refractivity contribution in [3.63, 3.8) is 0 Å². The lowest BCUT2D eigenvalue weighted by molar-refractivity contribution is -0.505. The van der Waals surface area contributed by atoms with E-state index in [-0.39, 0.29) is 4.92 Å². The number of nitrogens with zero attached hydrogens (tertiary/aromatic N) is 1. The largest absolute Gasteiger partial charge is 0.327 e. The molecule has 8 aromatic rings. The zero-order valence-electron chi connectivity index (χ0n) is 58.0. The van der Waals surface area contributed by atoms with Crippen molar-refractivity contribution in [2.24, 2.45) is 11.5 Å². The first-order valence-electron chi connectivity index (χ1n) is 37.8. The van der Waals surface area contributed by atoms with E-state index in [0.717, 1.165) is 47.7 Å². The summed E-state index contributed by atoms with van der Waals surface area (Å²) in [6.07, 6.45) is 33.8. The van der Waals surface area contributed by atoms with E-state index >= 15 is 0 Å². The van der Waals surface area contributed by atoms with E-state index in [0.29, 0.717) is 59.9 Å². The van der Waals surface area contributed by atoms with Crippen LogP contribution in [0.4, 0.5) is 0 Å². The molecule has 0 heterocycles. The maximum absolute atomic E-state index is 10.8. The first-order valence-corrected chi connectivity index (χ1v) is 38.2. The van der Waals surface area contributed by atoms with Crippen LogP contribution in [0.15, 0.2) is 255 Å². The number of nitro groups is 1. The summed E-state index contributed by atoms with van der Waals surface area (Å²) in [5, 5.41) is 10.8. The van der Waals surface area contributed by atoms with Gasteiger partial charge in [0.1, 0.15) is 6.71 Å². The first kappa shape index (κ1) is 71.3. The Bertz CT molecular complexity index is 3320. The van der Waals surface area contributed by atoms with Crippen LogP contribution in [0.3, 0.4) is 0 Å². The first-order chi connectivity index (χ1) is 47.7. The Morgan fingerprint density at radius 2 is 0.649 bits per heavy atom. The highest BCUT2D eigenvalue weighted by molar-refractivity contribution is 7.08. The second-order valence-corrected chi connectivity index (χ2v) is 29.9. The molecule has 16 rings (SSSR count). The Morgan fingerprint density at radius 3 is 0.969 bits per heavy atom. The third kappa shape index (κ3) is 19.5. The maximum atomic E-state index is 10.8. The number of hydrogen-bond acceptors (Lipinski definition) is 4. The molecule has 97 heavy (non-hydrogen) atoms. The van der Waals surface area contributed by atoms with Crippen LogP contribution < -0.4 is 11.5 Å².